The van der Waals surface area contributed by atoms with Gasteiger partial charge < -0.3 is 14.8 Å². The summed E-state index contributed by atoms with van der Waals surface area (Å²) in [5.74, 6) is 0.306. The second-order valence-electron chi connectivity index (χ2n) is 4.10. The van der Waals surface area contributed by atoms with Crippen molar-refractivity contribution in [2.24, 2.45) is 0 Å². The molecule has 0 bridgehead atoms. The number of phenols is 1. The van der Waals surface area contributed by atoms with Gasteiger partial charge in [0.15, 0.2) is 0 Å². The third kappa shape index (κ3) is 1.82. The van der Waals surface area contributed by atoms with E-state index in [4.69, 9.17) is 0 Å². The van der Waals surface area contributed by atoms with Gasteiger partial charge in [-0.3, -0.25) is 0 Å². The van der Waals surface area contributed by atoms with Crippen molar-refractivity contribution in [1.29, 1.82) is 0 Å². The average Bonchev–Trinajstić information content (AvgIpc) is 2.27. The molecule has 1 atom stereocenters. The number of nitrogens with zero attached hydrogens (tertiary/aromatic N) is 1. The second-order valence-corrected chi connectivity index (χ2v) is 4.95. The normalized spacial score (nSPS) is 19.4. The van der Waals surface area contributed by atoms with Crippen LogP contribution in [0.3, 0.4) is 0 Å². The molecule has 16 heavy (non-hydrogen) atoms. The van der Waals surface area contributed by atoms with E-state index in [1.165, 1.54) is 0 Å². The van der Waals surface area contributed by atoms with E-state index in [1.54, 1.807) is 0 Å². The summed E-state index contributed by atoms with van der Waals surface area (Å²) in [6, 6.07) is 4.13. The monoisotopic (exact) mass is 283 g/mol. The van der Waals surface area contributed by atoms with Gasteiger partial charge in [-0.2, -0.15) is 0 Å². The first-order chi connectivity index (χ1) is 7.65. The highest BCUT2D eigenvalue weighted by molar-refractivity contribution is 9.10. The van der Waals surface area contributed by atoms with Gasteiger partial charge in [-0.25, -0.2) is 0 Å². The topological polar surface area (TPSA) is 40.5 Å². The van der Waals surface area contributed by atoms with Gasteiger partial charge in [0.2, 0.25) is 0 Å². The zero-order chi connectivity index (χ0) is 11.7. The highest BCUT2D eigenvalue weighted by atomic mass is 79.9. The first kappa shape index (κ1) is 11.5. The molecule has 0 radical (unpaired) electrons. The highest BCUT2D eigenvalue weighted by Crippen LogP contribution is 2.39. The summed E-state index contributed by atoms with van der Waals surface area (Å²) in [6.45, 7) is 2.49. The molecule has 2 rings (SSSR count). The van der Waals surface area contributed by atoms with Gasteiger partial charge in [-0.1, -0.05) is 0 Å². The van der Waals surface area contributed by atoms with Crippen molar-refractivity contribution in [2.75, 3.05) is 11.4 Å². The van der Waals surface area contributed by atoms with E-state index in [0.29, 0.717) is 22.8 Å². The molecular weight excluding hydrogens is 270 g/mol. The van der Waals surface area contributed by atoms with Gasteiger partial charge in [-0.15, -0.1) is 0 Å². The quantitative estimate of drug-likeness (QED) is 0.848. The molecule has 1 N–H and O–H groups in total. The zero-order valence-electron chi connectivity index (χ0n) is 9.11. The molecular formula is C12H14BrNO2. The van der Waals surface area contributed by atoms with Crippen molar-refractivity contribution in [2.45, 2.75) is 25.8 Å². The Bertz CT molecular complexity index is 420. The van der Waals surface area contributed by atoms with Crippen LogP contribution in [0.15, 0.2) is 16.6 Å². The Kier molecular flexibility index (Phi) is 3.19. The Morgan fingerprint density at radius 1 is 1.62 bits per heavy atom. The minimum Gasteiger partial charge on any atom is -0.506 e. The van der Waals surface area contributed by atoms with Gasteiger partial charge in [0.25, 0.3) is 0 Å². The average molecular weight is 284 g/mol. The Balaban J connectivity index is 2.48. The minimum atomic E-state index is 0.306. The molecule has 1 aliphatic heterocycles. The molecule has 1 heterocycles. The highest BCUT2D eigenvalue weighted by Gasteiger charge is 2.25. The molecule has 0 aromatic heterocycles. The lowest BCUT2D eigenvalue weighted by Gasteiger charge is -2.36. The molecule has 4 heteroatoms. The number of aromatic hydroxyl groups is 1. The maximum Gasteiger partial charge on any atom is 0.139 e. The molecule has 0 aliphatic carbocycles. The number of rotatable bonds is 2. The smallest absolute Gasteiger partial charge is 0.139 e. The summed E-state index contributed by atoms with van der Waals surface area (Å²) in [4.78, 5) is 12.7. The Morgan fingerprint density at radius 2 is 2.38 bits per heavy atom. The third-order valence-electron chi connectivity index (χ3n) is 3.13. The van der Waals surface area contributed by atoms with E-state index in [-0.39, 0.29) is 0 Å². The molecule has 0 fully saturated rings. The van der Waals surface area contributed by atoms with Crippen molar-refractivity contribution in [1.82, 2.24) is 0 Å². The number of carbonyl (C=O) groups excluding carboxylic acids is 1. The number of aldehydes is 1. The molecule has 0 spiro atoms. The van der Waals surface area contributed by atoms with E-state index >= 15 is 0 Å². The predicted octanol–water partition coefficient (Wildman–Crippen LogP) is 2.49. The van der Waals surface area contributed by atoms with Crippen molar-refractivity contribution < 1.29 is 9.90 Å². The number of benzene rings is 1. The Hall–Kier alpha value is -1.03. The van der Waals surface area contributed by atoms with Crippen LogP contribution in [0.25, 0.3) is 0 Å². The van der Waals surface area contributed by atoms with Crippen LogP contribution < -0.4 is 4.90 Å². The van der Waals surface area contributed by atoms with E-state index in [9.17, 15) is 9.90 Å². The van der Waals surface area contributed by atoms with Gasteiger partial charge >= 0.3 is 0 Å². The number of hydrogen-bond acceptors (Lipinski definition) is 3. The van der Waals surface area contributed by atoms with Gasteiger partial charge in [0.1, 0.15) is 12.0 Å². The Morgan fingerprint density at radius 3 is 3.06 bits per heavy atom. The molecule has 86 valence electrons. The first-order valence-electron chi connectivity index (χ1n) is 5.35. The van der Waals surface area contributed by atoms with Crippen LogP contribution >= 0.6 is 15.9 Å². The minimum absolute atomic E-state index is 0.306. The molecule has 1 aliphatic rings. The molecule has 0 saturated carbocycles. The standard InChI is InChI=1S/C12H14BrNO2/c1-8-2-3-9-11(14(8)6-7-15)5-4-10(13)12(9)16/h4-5,7-8,16H,2-3,6H2,1H3. The summed E-state index contributed by atoms with van der Waals surface area (Å²) >= 11 is 3.31. The fraction of sp³-hybridized carbons (Fsp3) is 0.417. The summed E-state index contributed by atoms with van der Waals surface area (Å²) in [7, 11) is 0. The maximum atomic E-state index is 10.7. The lowest BCUT2D eigenvalue weighted by molar-refractivity contribution is -0.106. The van der Waals surface area contributed by atoms with Crippen LogP contribution in [0.2, 0.25) is 0 Å². The van der Waals surface area contributed by atoms with E-state index < -0.39 is 0 Å². The predicted molar refractivity (Wildman–Crippen MR) is 67.0 cm³/mol. The van der Waals surface area contributed by atoms with Crippen LogP contribution in [-0.4, -0.2) is 24.0 Å². The van der Waals surface area contributed by atoms with Crippen LogP contribution in [0.4, 0.5) is 5.69 Å². The molecule has 1 unspecified atom stereocenters. The fourth-order valence-corrected chi connectivity index (χ4v) is 2.59. The van der Waals surface area contributed by atoms with Crippen molar-refractivity contribution in [3.8, 4) is 5.75 Å². The van der Waals surface area contributed by atoms with Gasteiger partial charge in [0.05, 0.1) is 11.0 Å². The summed E-state index contributed by atoms with van der Waals surface area (Å²) < 4.78 is 0.715. The molecule has 0 amide bonds. The van der Waals surface area contributed by atoms with Gasteiger partial charge in [0, 0.05) is 17.3 Å². The van der Waals surface area contributed by atoms with Crippen LogP contribution in [0.5, 0.6) is 5.75 Å². The molecule has 1 aromatic carbocycles. The van der Waals surface area contributed by atoms with Gasteiger partial charge in [-0.05, 0) is 47.8 Å². The Labute approximate surface area is 103 Å². The zero-order valence-corrected chi connectivity index (χ0v) is 10.7. The number of phenolic OH excluding ortho intramolecular Hbond substituents is 1. The number of halogens is 1. The largest absolute Gasteiger partial charge is 0.506 e. The summed E-state index contributed by atoms with van der Waals surface area (Å²) in [5.41, 5.74) is 1.92. The number of anilines is 1. The second kappa shape index (κ2) is 4.45. The summed E-state index contributed by atoms with van der Waals surface area (Å²) in [5, 5.41) is 9.95. The van der Waals surface area contributed by atoms with Crippen LogP contribution in [0, 0.1) is 0 Å². The maximum absolute atomic E-state index is 10.7. The lowest BCUT2D eigenvalue weighted by Crippen LogP contribution is -2.38. The number of fused-ring (bicyclic) bond motifs is 1. The lowest BCUT2D eigenvalue weighted by atomic mass is 9.96. The molecule has 1 aromatic rings. The molecule has 3 nitrogen and oxygen atoms in total. The molecule has 0 saturated heterocycles. The first-order valence-corrected chi connectivity index (χ1v) is 6.15. The SMILES string of the molecule is CC1CCc2c(ccc(Br)c2O)N1CC=O. The number of hydrogen-bond donors (Lipinski definition) is 1. The third-order valence-corrected chi connectivity index (χ3v) is 3.77. The van der Waals surface area contributed by atoms with E-state index in [0.717, 1.165) is 30.4 Å². The fourth-order valence-electron chi connectivity index (χ4n) is 2.22. The van der Waals surface area contributed by atoms with Crippen molar-refractivity contribution in [3.05, 3.63) is 22.2 Å². The van der Waals surface area contributed by atoms with Crippen LogP contribution in [-0.2, 0) is 11.2 Å². The van der Waals surface area contributed by atoms with Crippen molar-refractivity contribution in [3.63, 3.8) is 0 Å². The van der Waals surface area contributed by atoms with Crippen LogP contribution in [0.1, 0.15) is 18.9 Å². The van der Waals surface area contributed by atoms with E-state index in [1.807, 2.05) is 17.0 Å². The number of carbonyl (C=O) groups is 1. The van der Waals surface area contributed by atoms with Crippen molar-refractivity contribution >= 4 is 27.9 Å². The van der Waals surface area contributed by atoms with E-state index in [2.05, 4.69) is 22.9 Å². The summed E-state index contributed by atoms with van der Waals surface area (Å²) in [6.07, 6.45) is 2.73.